The highest BCUT2D eigenvalue weighted by molar-refractivity contribution is 5.69. The van der Waals surface area contributed by atoms with Crippen molar-refractivity contribution < 1.29 is 24.5 Å². The highest BCUT2D eigenvalue weighted by atomic mass is 16.5. The molecule has 5 heteroatoms. The van der Waals surface area contributed by atoms with E-state index in [4.69, 9.17) is 9.47 Å². The molecule has 2 N–H and O–H groups in total. The van der Waals surface area contributed by atoms with Gasteiger partial charge >= 0.3 is 5.97 Å². The van der Waals surface area contributed by atoms with E-state index in [1.165, 1.54) is 5.56 Å². The van der Waals surface area contributed by atoms with Gasteiger partial charge in [-0.2, -0.15) is 0 Å². The smallest absolute Gasteiger partial charge is 0.306 e. The van der Waals surface area contributed by atoms with Crippen molar-refractivity contribution in [3.63, 3.8) is 0 Å². The van der Waals surface area contributed by atoms with E-state index in [1.807, 2.05) is 32.0 Å². The summed E-state index contributed by atoms with van der Waals surface area (Å²) in [6.07, 6.45) is 7.82. The normalized spacial score (nSPS) is 28.8. The number of carbonyl (C=O) groups excluding carboxylic acids is 1. The highest BCUT2D eigenvalue weighted by Gasteiger charge is 2.44. The van der Waals surface area contributed by atoms with Gasteiger partial charge < -0.3 is 19.7 Å². The Morgan fingerprint density at radius 3 is 2.69 bits per heavy atom. The molecule has 2 aliphatic rings. The number of hydrogen-bond acceptors (Lipinski definition) is 5. The van der Waals surface area contributed by atoms with Crippen LogP contribution in [0.2, 0.25) is 0 Å². The van der Waals surface area contributed by atoms with Crippen molar-refractivity contribution in [1.82, 2.24) is 0 Å². The predicted molar refractivity (Wildman–Crippen MR) is 125 cm³/mol. The van der Waals surface area contributed by atoms with Crippen LogP contribution in [0.15, 0.2) is 30.3 Å². The van der Waals surface area contributed by atoms with Crippen LogP contribution in [-0.2, 0) is 20.7 Å². The molecule has 1 aromatic rings. The quantitative estimate of drug-likeness (QED) is 0.483. The number of benzene rings is 1. The highest BCUT2D eigenvalue weighted by Crippen LogP contribution is 2.43. The van der Waals surface area contributed by atoms with Crippen LogP contribution in [0.3, 0.4) is 0 Å². The number of aryl methyl sites for hydroxylation is 1. The fourth-order valence-electron chi connectivity index (χ4n) is 5.51. The first-order chi connectivity index (χ1) is 15.4. The van der Waals surface area contributed by atoms with Gasteiger partial charge in [0.15, 0.2) is 0 Å². The molecule has 6 atom stereocenters. The van der Waals surface area contributed by atoms with E-state index in [1.54, 1.807) is 0 Å². The largest absolute Gasteiger partial charge is 0.463 e. The summed E-state index contributed by atoms with van der Waals surface area (Å²) in [5.41, 5.74) is 1.26. The third-order valence-electron chi connectivity index (χ3n) is 7.25. The van der Waals surface area contributed by atoms with E-state index in [0.29, 0.717) is 24.7 Å². The summed E-state index contributed by atoms with van der Waals surface area (Å²) < 4.78 is 11.5. The minimum absolute atomic E-state index is 0.0525. The second kappa shape index (κ2) is 12.7. The fourth-order valence-corrected chi connectivity index (χ4v) is 5.51. The van der Waals surface area contributed by atoms with Crippen molar-refractivity contribution >= 4 is 5.97 Å². The SMILES string of the molecule is CC(C)OC(=O)CCC[C@H]1CC[C@@H]2[C@@H](CC[C@@H](O)CCc3ccccc3)[C@H](O)C[C@@H]2OC1. The van der Waals surface area contributed by atoms with Crippen LogP contribution in [0.25, 0.3) is 0 Å². The van der Waals surface area contributed by atoms with Crippen LogP contribution >= 0.6 is 0 Å². The lowest BCUT2D eigenvalue weighted by atomic mass is 9.83. The molecule has 32 heavy (non-hydrogen) atoms. The molecule has 1 saturated carbocycles. The Bertz CT molecular complexity index is 676. The molecule has 1 aliphatic carbocycles. The first-order valence-electron chi connectivity index (χ1n) is 12.6. The Hall–Kier alpha value is -1.43. The molecule has 0 unspecified atom stereocenters. The number of hydrogen-bond donors (Lipinski definition) is 2. The molecule has 3 rings (SSSR count). The molecule has 0 spiro atoms. The molecule has 1 aromatic carbocycles. The molecule has 1 saturated heterocycles. The van der Waals surface area contributed by atoms with Gasteiger partial charge in [0.2, 0.25) is 0 Å². The van der Waals surface area contributed by atoms with Gasteiger partial charge in [0, 0.05) is 19.4 Å². The number of aliphatic hydroxyl groups excluding tert-OH is 2. The van der Waals surface area contributed by atoms with E-state index in [2.05, 4.69) is 12.1 Å². The zero-order valence-corrected chi connectivity index (χ0v) is 19.8. The average Bonchev–Trinajstić information content (AvgIpc) is 2.92. The Labute approximate surface area is 193 Å². The molecule has 1 heterocycles. The minimum atomic E-state index is -0.327. The van der Waals surface area contributed by atoms with Crippen LogP contribution in [-0.4, -0.2) is 47.2 Å². The van der Waals surface area contributed by atoms with Crippen molar-refractivity contribution in [3.05, 3.63) is 35.9 Å². The fraction of sp³-hybridized carbons (Fsp3) is 0.741. The number of aliphatic hydroxyl groups is 2. The molecule has 2 fully saturated rings. The summed E-state index contributed by atoms with van der Waals surface area (Å²) in [6, 6.07) is 10.3. The summed E-state index contributed by atoms with van der Waals surface area (Å²) in [4.78, 5) is 11.8. The zero-order valence-electron chi connectivity index (χ0n) is 19.8. The lowest BCUT2D eigenvalue weighted by Crippen LogP contribution is -2.24. The monoisotopic (exact) mass is 446 g/mol. The van der Waals surface area contributed by atoms with E-state index in [-0.39, 0.29) is 36.3 Å². The first kappa shape index (κ1) is 25.2. The van der Waals surface area contributed by atoms with Crippen molar-refractivity contribution in [3.8, 4) is 0 Å². The van der Waals surface area contributed by atoms with Gasteiger partial charge in [-0.05, 0) is 88.5 Å². The third kappa shape index (κ3) is 7.86. The lowest BCUT2D eigenvalue weighted by Gasteiger charge is -2.24. The first-order valence-corrected chi connectivity index (χ1v) is 12.6. The Kier molecular flexibility index (Phi) is 10.0. The number of esters is 1. The molecule has 1 aliphatic heterocycles. The van der Waals surface area contributed by atoms with E-state index in [0.717, 1.165) is 58.0 Å². The molecule has 5 nitrogen and oxygen atoms in total. The number of rotatable bonds is 11. The minimum Gasteiger partial charge on any atom is -0.463 e. The average molecular weight is 447 g/mol. The standard InChI is InChI=1S/C27H42O5/c1-19(2)32-27(30)10-6-9-21-12-15-24-23(25(29)17-26(24)31-18-21)16-14-22(28)13-11-20-7-4-3-5-8-20/h3-5,7-8,19,21-26,28-29H,6,9-18H2,1-2H3/t21-,22-,23+,24+,25+,26-/m0/s1. The molecular weight excluding hydrogens is 404 g/mol. The molecular formula is C27H42O5. The lowest BCUT2D eigenvalue weighted by molar-refractivity contribution is -0.147. The van der Waals surface area contributed by atoms with Gasteiger partial charge in [-0.25, -0.2) is 0 Å². The maximum atomic E-state index is 11.8. The van der Waals surface area contributed by atoms with Crippen LogP contribution in [0, 0.1) is 17.8 Å². The van der Waals surface area contributed by atoms with E-state index >= 15 is 0 Å². The molecule has 0 bridgehead atoms. The summed E-state index contributed by atoms with van der Waals surface area (Å²) in [5, 5.41) is 21.2. The summed E-state index contributed by atoms with van der Waals surface area (Å²) >= 11 is 0. The predicted octanol–water partition coefficient (Wildman–Crippen LogP) is 4.67. The van der Waals surface area contributed by atoms with Crippen LogP contribution in [0.5, 0.6) is 0 Å². The van der Waals surface area contributed by atoms with E-state index < -0.39 is 0 Å². The summed E-state index contributed by atoms with van der Waals surface area (Å²) in [6.45, 7) is 4.48. The summed E-state index contributed by atoms with van der Waals surface area (Å²) in [5.74, 6) is 0.954. The Morgan fingerprint density at radius 2 is 1.94 bits per heavy atom. The Morgan fingerprint density at radius 1 is 1.16 bits per heavy atom. The summed E-state index contributed by atoms with van der Waals surface area (Å²) in [7, 11) is 0. The molecule has 0 amide bonds. The van der Waals surface area contributed by atoms with Crippen LogP contribution in [0.1, 0.15) is 77.2 Å². The van der Waals surface area contributed by atoms with Gasteiger partial charge in [-0.1, -0.05) is 30.3 Å². The molecule has 180 valence electrons. The number of ether oxygens (including phenoxy) is 2. The second-order valence-electron chi connectivity index (χ2n) is 10.1. The third-order valence-corrected chi connectivity index (χ3v) is 7.25. The number of fused-ring (bicyclic) bond motifs is 1. The zero-order chi connectivity index (χ0) is 22.9. The van der Waals surface area contributed by atoms with Gasteiger partial charge in [-0.15, -0.1) is 0 Å². The topological polar surface area (TPSA) is 76.0 Å². The van der Waals surface area contributed by atoms with E-state index in [9.17, 15) is 15.0 Å². The van der Waals surface area contributed by atoms with Gasteiger partial charge in [0.05, 0.1) is 24.4 Å². The van der Waals surface area contributed by atoms with Crippen molar-refractivity contribution in [2.75, 3.05) is 6.61 Å². The maximum Gasteiger partial charge on any atom is 0.306 e. The second-order valence-corrected chi connectivity index (χ2v) is 10.1. The number of carbonyl (C=O) groups is 1. The maximum absolute atomic E-state index is 11.8. The van der Waals surface area contributed by atoms with Crippen LogP contribution < -0.4 is 0 Å². The van der Waals surface area contributed by atoms with Gasteiger partial charge in [0.25, 0.3) is 0 Å². The molecule has 0 aromatic heterocycles. The Balaban J connectivity index is 1.39. The van der Waals surface area contributed by atoms with Crippen molar-refractivity contribution in [2.24, 2.45) is 17.8 Å². The van der Waals surface area contributed by atoms with Crippen LogP contribution in [0.4, 0.5) is 0 Å². The van der Waals surface area contributed by atoms with Gasteiger partial charge in [-0.3, -0.25) is 4.79 Å². The van der Waals surface area contributed by atoms with Crippen molar-refractivity contribution in [1.29, 1.82) is 0 Å². The van der Waals surface area contributed by atoms with Gasteiger partial charge in [0.1, 0.15) is 0 Å². The van der Waals surface area contributed by atoms with Crippen molar-refractivity contribution in [2.45, 2.75) is 102 Å². The molecule has 0 radical (unpaired) electrons.